The Morgan fingerprint density at radius 1 is 1.43 bits per heavy atom. The molecule has 2 N–H and O–H groups in total. The van der Waals surface area contributed by atoms with Crippen molar-refractivity contribution in [2.24, 2.45) is 0 Å². The summed E-state index contributed by atoms with van der Waals surface area (Å²) in [5.74, 6) is -0.00986. The zero-order valence-electron chi connectivity index (χ0n) is 12.6. The summed E-state index contributed by atoms with van der Waals surface area (Å²) in [4.78, 5) is 19.1. The van der Waals surface area contributed by atoms with Crippen LogP contribution < -0.4 is 10.6 Å². The van der Waals surface area contributed by atoms with Gasteiger partial charge in [0.2, 0.25) is 0 Å². The van der Waals surface area contributed by atoms with Crippen LogP contribution in [0.15, 0.2) is 18.5 Å². The van der Waals surface area contributed by atoms with Crippen LogP contribution in [-0.2, 0) is 0 Å². The van der Waals surface area contributed by atoms with Gasteiger partial charge in [0, 0.05) is 44.1 Å². The third-order valence-electron chi connectivity index (χ3n) is 4.25. The molecule has 114 valence electrons. The lowest BCUT2D eigenvalue weighted by Crippen LogP contribution is -2.37. The Kier molecular flexibility index (Phi) is 4.39. The van der Waals surface area contributed by atoms with Gasteiger partial charge in [0.05, 0.1) is 11.3 Å². The molecule has 2 heterocycles. The number of hydrogen-bond acceptors (Lipinski definition) is 4. The van der Waals surface area contributed by atoms with Gasteiger partial charge >= 0.3 is 0 Å². The van der Waals surface area contributed by atoms with Crippen molar-refractivity contribution in [3.05, 3.63) is 24.0 Å². The molecule has 2 aliphatic rings. The first kappa shape index (κ1) is 14.3. The molecule has 1 aliphatic heterocycles. The van der Waals surface area contributed by atoms with Crippen LogP contribution in [0.25, 0.3) is 0 Å². The van der Waals surface area contributed by atoms with Crippen LogP contribution in [0.1, 0.15) is 43.0 Å². The molecule has 2 fully saturated rings. The number of amides is 1. The maximum absolute atomic E-state index is 12.5. The van der Waals surface area contributed by atoms with Crippen molar-refractivity contribution in [1.29, 1.82) is 0 Å². The Morgan fingerprint density at radius 2 is 2.29 bits per heavy atom. The first-order chi connectivity index (χ1) is 10.3. The summed E-state index contributed by atoms with van der Waals surface area (Å²) >= 11 is 0. The average Bonchev–Trinajstić information content (AvgIpc) is 3.26. The van der Waals surface area contributed by atoms with Gasteiger partial charge in [-0.3, -0.25) is 14.7 Å². The van der Waals surface area contributed by atoms with Crippen LogP contribution in [0.3, 0.4) is 0 Å². The first-order valence-electron chi connectivity index (χ1n) is 8.00. The number of carbonyl (C=O) groups is 1. The molecular weight excluding hydrogens is 264 g/mol. The van der Waals surface area contributed by atoms with E-state index in [0.29, 0.717) is 5.56 Å². The minimum atomic E-state index is -0.00986. The molecule has 5 heteroatoms. The minimum absolute atomic E-state index is 0.00986. The van der Waals surface area contributed by atoms with Crippen molar-refractivity contribution in [2.75, 3.05) is 25.0 Å². The van der Waals surface area contributed by atoms with Gasteiger partial charge in [0.15, 0.2) is 0 Å². The second-order valence-corrected chi connectivity index (χ2v) is 6.03. The molecule has 1 aliphatic carbocycles. The molecule has 5 nitrogen and oxygen atoms in total. The van der Waals surface area contributed by atoms with E-state index < -0.39 is 0 Å². The second-order valence-electron chi connectivity index (χ2n) is 6.03. The van der Waals surface area contributed by atoms with Crippen LogP contribution in [0.5, 0.6) is 0 Å². The zero-order chi connectivity index (χ0) is 14.7. The maximum Gasteiger partial charge on any atom is 0.255 e. The summed E-state index contributed by atoms with van der Waals surface area (Å²) in [5, 5.41) is 6.46. The number of nitrogens with one attached hydrogen (secondary N) is 2. The molecule has 21 heavy (non-hydrogen) atoms. The Balaban J connectivity index is 1.59. The van der Waals surface area contributed by atoms with Crippen LogP contribution in [-0.4, -0.2) is 47.5 Å². The third-order valence-corrected chi connectivity index (χ3v) is 4.25. The summed E-state index contributed by atoms with van der Waals surface area (Å²) in [6.45, 7) is 5.08. The Bertz CT molecular complexity index is 501. The number of anilines is 1. The number of likely N-dealkylation sites (tertiary alicyclic amines) is 1. The quantitative estimate of drug-likeness (QED) is 0.839. The number of aromatic nitrogens is 1. The van der Waals surface area contributed by atoms with Gasteiger partial charge in [0.1, 0.15) is 0 Å². The van der Waals surface area contributed by atoms with Gasteiger partial charge in [-0.25, -0.2) is 0 Å². The van der Waals surface area contributed by atoms with Gasteiger partial charge in [0.25, 0.3) is 5.91 Å². The van der Waals surface area contributed by atoms with Gasteiger partial charge in [-0.15, -0.1) is 0 Å². The number of carbonyl (C=O) groups excluding carboxylic acids is 1. The van der Waals surface area contributed by atoms with E-state index >= 15 is 0 Å². The highest BCUT2D eigenvalue weighted by Crippen LogP contribution is 2.29. The molecule has 1 saturated heterocycles. The number of nitrogens with zero attached hydrogens (tertiary/aromatic N) is 2. The Morgan fingerprint density at radius 3 is 3.05 bits per heavy atom. The molecule has 0 aromatic carbocycles. The topological polar surface area (TPSA) is 57.3 Å². The molecule has 1 saturated carbocycles. The van der Waals surface area contributed by atoms with Crippen molar-refractivity contribution in [2.45, 2.75) is 44.7 Å². The highest BCUT2D eigenvalue weighted by molar-refractivity contribution is 5.99. The average molecular weight is 288 g/mol. The monoisotopic (exact) mass is 288 g/mol. The first-order valence-corrected chi connectivity index (χ1v) is 8.00. The fraction of sp³-hybridized carbons (Fsp3) is 0.625. The van der Waals surface area contributed by atoms with Gasteiger partial charge < -0.3 is 10.6 Å². The molecule has 0 radical (unpaired) electrons. The lowest BCUT2D eigenvalue weighted by molar-refractivity contribution is 0.0938. The smallest absolute Gasteiger partial charge is 0.255 e. The molecule has 1 amide bonds. The molecule has 1 unspecified atom stereocenters. The van der Waals surface area contributed by atoms with E-state index in [4.69, 9.17) is 0 Å². The molecule has 1 aromatic rings. The lowest BCUT2D eigenvalue weighted by atomic mass is 10.2. The summed E-state index contributed by atoms with van der Waals surface area (Å²) in [6.07, 6.45) is 8.12. The predicted molar refractivity (Wildman–Crippen MR) is 83.5 cm³/mol. The van der Waals surface area contributed by atoms with Gasteiger partial charge in [-0.2, -0.15) is 0 Å². The SMILES string of the molecule is CCCNc1ccncc1C(=O)NC1CCN(C2CC2)C1. The largest absolute Gasteiger partial charge is 0.384 e. The van der Waals surface area contributed by atoms with E-state index in [1.54, 1.807) is 12.4 Å². The Labute approximate surface area is 126 Å². The fourth-order valence-corrected chi connectivity index (χ4v) is 2.93. The molecule has 1 atom stereocenters. The standard InChI is InChI=1S/C16H24N4O/c1-2-7-18-15-5-8-17-10-14(15)16(21)19-12-6-9-20(11-12)13-3-4-13/h5,8,10,12-13H,2-4,6-7,9,11H2,1H3,(H,17,18)(H,19,21). The maximum atomic E-state index is 12.5. The summed E-state index contributed by atoms with van der Waals surface area (Å²) in [5.41, 5.74) is 1.53. The summed E-state index contributed by atoms with van der Waals surface area (Å²) in [6, 6.07) is 2.93. The van der Waals surface area contributed by atoms with Crippen molar-refractivity contribution in [3.63, 3.8) is 0 Å². The Hall–Kier alpha value is -1.62. The van der Waals surface area contributed by atoms with Crippen molar-refractivity contribution >= 4 is 11.6 Å². The van der Waals surface area contributed by atoms with Crippen molar-refractivity contribution in [1.82, 2.24) is 15.2 Å². The summed E-state index contributed by atoms with van der Waals surface area (Å²) < 4.78 is 0. The minimum Gasteiger partial charge on any atom is -0.384 e. The van der Waals surface area contributed by atoms with Crippen molar-refractivity contribution < 1.29 is 4.79 Å². The van der Waals surface area contributed by atoms with Crippen molar-refractivity contribution in [3.8, 4) is 0 Å². The third kappa shape index (κ3) is 3.53. The summed E-state index contributed by atoms with van der Waals surface area (Å²) in [7, 11) is 0. The van der Waals surface area contributed by atoms with E-state index in [1.807, 2.05) is 6.07 Å². The lowest BCUT2D eigenvalue weighted by Gasteiger charge is -2.17. The van der Waals surface area contributed by atoms with Crippen LogP contribution >= 0.6 is 0 Å². The van der Waals surface area contributed by atoms with E-state index in [2.05, 4.69) is 27.4 Å². The van der Waals surface area contributed by atoms with Crippen LogP contribution in [0, 0.1) is 0 Å². The predicted octanol–water partition coefficient (Wildman–Crippen LogP) is 1.87. The molecular formula is C16H24N4O. The highest BCUT2D eigenvalue weighted by Gasteiger charge is 2.34. The van der Waals surface area contributed by atoms with E-state index in [1.165, 1.54) is 12.8 Å². The molecule has 0 bridgehead atoms. The number of rotatable bonds is 6. The highest BCUT2D eigenvalue weighted by atomic mass is 16.1. The van der Waals surface area contributed by atoms with E-state index in [-0.39, 0.29) is 11.9 Å². The van der Waals surface area contributed by atoms with Crippen LogP contribution in [0.2, 0.25) is 0 Å². The fourth-order valence-electron chi connectivity index (χ4n) is 2.93. The zero-order valence-corrected chi connectivity index (χ0v) is 12.6. The van der Waals surface area contributed by atoms with Crippen LogP contribution in [0.4, 0.5) is 5.69 Å². The number of hydrogen-bond donors (Lipinski definition) is 2. The molecule has 3 rings (SSSR count). The number of pyridine rings is 1. The van der Waals surface area contributed by atoms with E-state index in [9.17, 15) is 4.79 Å². The van der Waals surface area contributed by atoms with E-state index in [0.717, 1.165) is 44.2 Å². The second kappa shape index (κ2) is 6.43. The van der Waals surface area contributed by atoms with Gasteiger partial charge in [-0.05, 0) is 31.7 Å². The molecule has 0 spiro atoms. The molecule has 1 aromatic heterocycles. The normalized spacial score (nSPS) is 22.2. The van der Waals surface area contributed by atoms with Gasteiger partial charge in [-0.1, -0.05) is 6.92 Å².